The normalized spacial score (nSPS) is 12.8. The molecule has 1 aromatic carbocycles. The standard InChI is InChI=1S/C24H34O8S/c1-7-14-33(28,29)20(21(25)30-8-2)16-24(22(26)31-17(3)4,23(27)32-18(5)6)15-19-12-10-9-11-13-19/h7,9-13,17-18,20H,1,8,14-16H2,2-6H3. The first-order valence-corrected chi connectivity index (χ1v) is 12.6. The van der Waals surface area contributed by atoms with Gasteiger partial charge in [-0.25, -0.2) is 8.42 Å². The van der Waals surface area contributed by atoms with Crippen LogP contribution in [-0.2, 0) is 44.9 Å². The molecule has 0 aliphatic carbocycles. The lowest BCUT2D eigenvalue weighted by Crippen LogP contribution is -2.50. The second kappa shape index (κ2) is 12.5. The summed E-state index contributed by atoms with van der Waals surface area (Å²) < 4.78 is 41.8. The van der Waals surface area contributed by atoms with Crippen LogP contribution in [0.3, 0.4) is 0 Å². The molecule has 0 spiro atoms. The quantitative estimate of drug-likeness (QED) is 0.182. The van der Waals surface area contributed by atoms with Crippen LogP contribution in [0.4, 0.5) is 0 Å². The molecule has 1 aromatic rings. The van der Waals surface area contributed by atoms with Crippen molar-refractivity contribution in [3.8, 4) is 0 Å². The summed E-state index contributed by atoms with van der Waals surface area (Å²) in [6, 6.07) is 8.59. The molecule has 0 saturated heterocycles. The van der Waals surface area contributed by atoms with E-state index in [-0.39, 0.29) is 13.0 Å². The van der Waals surface area contributed by atoms with Gasteiger partial charge in [-0.15, -0.1) is 6.58 Å². The zero-order valence-corrected chi connectivity index (χ0v) is 20.7. The molecule has 0 saturated carbocycles. The Morgan fingerprint density at radius 3 is 1.94 bits per heavy atom. The van der Waals surface area contributed by atoms with Gasteiger partial charge in [0.05, 0.1) is 24.6 Å². The van der Waals surface area contributed by atoms with E-state index in [0.29, 0.717) is 5.56 Å². The maximum atomic E-state index is 13.4. The molecule has 0 N–H and O–H groups in total. The minimum absolute atomic E-state index is 0.0719. The molecular formula is C24H34O8S. The van der Waals surface area contributed by atoms with E-state index in [2.05, 4.69) is 6.58 Å². The summed E-state index contributed by atoms with van der Waals surface area (Å²) in [6.45, 7) is 11.3. The molecule has 0 aliphatic rings. The molecule has 33 heavy (non-hydrogen) atoms. The minimum Gasteiger partial charge on any atom is -0.465 e. The van der Waals surface area contributed by atoms with Crippen molar-refractivity contribution < 1.29 is 37.0 Å². The van der Waals surface area contributed by atoms with Gasteiger partial charge in [-0.05, 0) is 46.6 Å². The van der Waals surface area contributed by atoms with E-state index < -0.39 is 62.8 Å². The van der Waals surface area contributed by atoms with Gasteiger partial charge in [0.1, 0.15) is 0 Å². The average Bonchev–Trinajstić information content (AvgIpc) is 2.70. The Bertz CT molecular complexity index is 897. The number of ether oxygens (including phenoxy) is 3. The van der Waals surface area contributed by atoms with E-state index >= 15 is 0 Å². The third kappa shape index (κ3) is 7.99. The van der Waals surface area contributed by atoms with Crippen LogP contribution in [0.2, 0.25) is 0 Å². The van der Waals surface area contributed by atoms with Crippen LogP contribution in [-0.4, -0.2) is 56.1 Å². The molecule has 0 heterocycles. The summed E-state index contributed by atoms with van der Waals surface area (Å²) >= 11 is 0. The maximum absolute atomic E-state index is 13.4. The van der Waals surface area contributed by atoms with Crippen LogP contribution < -0.4 is 0 Å². The Morgan fingerprint density at radius 1 is 1.00 bits per heavy atom. The van der Waals surface area contributed by atoms with Crippen LogP contribution in [0.1, 0.15) is 46.6 Å². The lowest BCUT2D eigenvalue weighted by Gasteiger charge is -2.33. The highest BCUT2D eigenvalue weighted by Crippen LogP contribution is 2.36. The first-order valence-electron chi connectivity index (χ1n) is 10.8. The number of hydrogen-bond acceptors (Lipinski definition) is 8. The fourth-order valence-electron chi connectivity index (χ4n) is 3.25. The monoisotopic (exact) mass is 482 g/mol. The summed E-state index contributed by atoms with van der Waals surface area (Å²) in [5, 5.41) is -1.79. The Balaban J connectivity index is 3.74. The van der Waals surface area contributed by atoms with Gasteiger partial charge in [-0.2, -0.15) is 0 Å². The smallest absolute Gasteiger partial charge is 0.324 e. The van der Waals surface area contributed by atoms with Crippen LogP contribution in [0.15, 0.2) is 43.0 Å². The SMILES string of the molecule is C=CCS(=O)(=O)C(CC(Cc1ccccc1)(C(=O)OC(C)C)C(=O)OC(C)C)C(=O)OCC. The van der Waals surface area contributed by atoms with Gasteiger partial charge in [0, 0.05) is 6.42 Å². The van der Waals surface area contributed by atoms with Crippen LogP contribution in [0.25, 0.3) is 0 Å². The summed E-state index contributed by atoms with van der Waals surface area (Å²) in [4.78, 5) is 39.6. The predicted molar refractivity (Wildman–Crippen MR) is 124 cm³/mol. The lowest BCUT2D eigenvalue weighted by atomic mass is 9.77. The Hall–Kier alpha value is -2.68. The van der Waals surface area contributed by atoms with Crippen molar-refractivity contribution in [1.82, 2.24) is 0 Å². The van der Waals surface area contributed by atoms with Gasteiger partial charge < -0.3 is 14.2 Å². The van der Waals surface area contributed by atoms with Gasteiger partial charge in [-0.3, -0.25) is 14.4 Å². The molecule has 8 nitrogen and oxygen atoms in total. The van der Waals surface area contributed by atoms with Crippen molar-refractivity contribution in [2.45, 2.75) is 64.9 Å². The lowest BCUT2D eigenvalue weighted by molar-refractivity contribution is -0.178. The molecule has 0 aliphatic heterocycles. The van der Waals surface area contributed by atoms with Gasteiger partial charge in [0.15, 0.2) is 20.5 Å². The fraction of sp³-hybridized carbons (Fsp3) is 0.542. The van der Waals surface area contributed by atoms with E-state index in [4.69, 9.17) is 14.2 Å². The molecule has 0 bridgehead atoms. The van der Waals surface area contributed by atoms with Gasteiger partial charge >= 0.3 is 17.9 Å². The van der Waals surface area contributed by atoms with E-state index in [1.54, 1.807) is 58.0 Å². The molecule has 1 rings (SSSR count). The molecule has 0 aromatic heterocycles. The Morgan fingerprint density at radius 2 is 1.52 bits per heavy atom. The molecule has 184 valence electrons. The largest absolute Gasteiger partial charge is 0.465 e. The summed E-state index contributed by atoms with van der Waals surface area (Å²) in [6.07, 6.45) is -0.951. The Kier molecular flexibility index (Phi) is 10.8. The van der Waals surface area contributed by atoms with Crippen molar-refractivity contribution >= 4 is 27.7 Å². The molecule has 0 radical (unpaired) electrons. The second-order valence-corrected chi connectivity index (χ2v) is 10.4. The first kappa shape index (κ1) is 28.4. The topological polar surface area (TPSA) is 113 Å². The average molecular weight is 483 g/mol. The highest BCUT2D eigenvalue weighted by molar-refractivity contribution is 7.92. The minimum atomic E-state index is -4.15. The highest BCUT2D eigenvalue weighted by Gasteiger charge is 2.54. The number of hydrogen-bond donors (Lipinski definition) is 0. The third-order valence-electron chi connectivity index (χ3n) is 4.68. The zero-order valence-electron chi connectivity index (χ0n) is 19.9. The molecule has 0 fully saturated rings. The number of carbonyl (C=O) groups is 3. The van der Waals surface area contributed by atoms with E-state index in [1.165, 1.54) is 6.92 Å². The van der Waals surface area contributed by atoms with Crippen molar-refractivity contribution in [3.05, 3.63) is 48.6 Å². The van der Waals surface area contributed by atoms with Crippen molar-refractivity contribution in [1.29, 1.82) is 0 Å². The number of rotatable bonds is 13. The fourth-order valence-corrected chi connectivity index (χ4v) is 4.71. The zero-order chi connectivity index (χ0) is 25.2. The van der Waals surface area contributed by atoms with Crippen molar-refractivity contribution in [2.75, 3.05) is 12.4 Å². The second-order valence-electron chi connectivity index (χ2n) is 8.22. The third-order valence-corrected chi connectivity index (χ3v) is 6.61. The number of benzene rings is 1. The van der Waals surface area contributed by atoms with Crippen LogP contribution in [0, 0.1) is 5.41 Å². The van der Waals surface area contributed by atoms with Gasteiger partial charge in [0.2, 0.25) is 0 Å². The predicted octanol–water partition coefficient (Wildman–Crippen LogP) is 3.04. The van der Waals surface area contributed by atoms with Gasteiger partial charge in [-0.1, -0.05) is 36.4 Å². The van der Waals surface area contributed by atoms with Crippen LogP contribution >= 0.6 is 0 Å². The highest BCUT2D eigenvalue weighted by atomic mass is 32.2. The number of sulfone groups is 1. The van der Waals surface area contributed by atoms with E-state index in [1.807, 2.05) is 0 Å². The summed E-state index contributed by atoms with van der Waals surface area (Å²) in [5.74, 6) is -3.51. The molecule has 0 amide bonds. The molecule has 1 unspecified atom stereocenters. The van der Waals surface area contributed by atoms with Crippen LogP contribution in [0.5, 0.6) is 0 Å². The van der Waals surface area contributed by atoms with Crippen molar-refractivity contribution in [3.63, 3.8) is 0 Å². The summed E-state index contributed by atoms with van der Waals surface area (Å²) in [5.41, 5.74) is -1.52. The molecule has 1 atom stereocenters. The number of carbonyl (C=O) groups excluding carboxylic acids is 3. The van der Waals surface area contributed by atoms with E-state index in [0.717, 1.165) is 6.08 Å². The number of esters is 3. The Labute approximate surface area is 196 Å². The summed E-state index contributed by atoms with van der Waals surface area (Å²) in [7, 11) is -4.15. The first-order chi connectivity index (χ1) is 15.4. The maximum Gasteiger partial charge on any atom is 0.324 e. The van der Waals surface area contributed by atoms with E-state index in [9.17, 15) is 22.8 Å². The van der Waals surface area contributed by atoms with Gasteiger partial charge in [0.25, 0.3) is 0 Å². The molecular weight excluding hydrogens is 448 g/mol. The molecule has 9 heteroatoms. The van der Waals surface area contributed by atoms with Crippen molar-refractivity contribution in [2.24, 2.45) is 5.41 Å².